The van der Waals surface area contributed by atoms with Crippen molar-refractivity contribution in [1.29, 1.82) is 0 Å². The molecule has 0 aromatic heterocycles. The van der Waals surface area contributed by atoms with Crippen LogP contribution in [0.15, 0.2) is 65.8 Å². The topological polar surface area (TPSA) is 69.5 Å². The van der Waals surface area contributed by atoms with Crippen molar-refractivity contribution in [2.45, 2.75) is 13.2 Å². The third-order valence-corrected chi connectivity index (χ3v) is 4.59. The van der Waals surface area contributed by atoms with Crippen LogP contribution in [-0.2, 0) is 13.2 Å². The Balaban J connectivity index is 1.71. The van der Waals surface area contributed by atoms with E-state index >= 15 is 0 Å². The number of hydrogen-bond acceptors (Lipinski definition) is 6. The molecule has 0 amide bonds. The van der Waals surface area contributed by atoms with Crippen LogP contribution in [0.4, 0.5) is 0 Å². The van der Waals surface area contributed by atoms with Crippen LogP contribution in [0.2, 0.25) is 5.02 Å². The highest BCUT2D eigenvalue weighted by Gasteiger charge is 2.13. The van der Waals surface area contributed by atoms with Gasteiger partial charge in [-0.05, 0) is 35.4 Å². The van der Waals surface area contributed by atoms with Gasteiger partial charge < -0.3 is 24.2 Å². The molecule has 0 aliphatic rings. The molecule has 0 heterocycles. The number of ether oxygens (including phenoxy) is 4. The second-order valence-electron chi connectivity index (χ2n) is 6.33. The summed E-state index contributed by atoms with van der Waals surface area (Å²) in [5, 5.41) is 12.1. The average molecular weight is 428 g/mol. The summed E-state index contributed by atoms with van der Waals surface area (Å²) in [6, 6.07) is 18.8. The Morgan fingerprint density at radius 3 is 2.27 bits per heavy atom. The Kier molecular flexibility index (Phi) is 7.40. The van der Waals surface area contributed by atoms with Gasteiger partial charge in [0.1, 0.15) is 13.2 Å². The lowest BCUT2D eigenvalue weighted by molar-refractivity contribution is 0.277. The van der Waals surface area contributed by atoms with Crippen molar-refractivity contribution in [2.24, 2.45) is 5.16 Å². The average Bonchev–Trinajstić information content (AvgIpc) is 2.77. The maximum absolute atomic E-state index is 8.70. The van der Waals surface area contributed by atoms with Crippen molar-refractivity contribution in [3.8, 4) is 23.0 Å². The Hall–Kier alpha value is -3.38. The molecule has 7 heteroatoms. The molecule has 1 N–H and O–H groups in total. The van der Waals surface area contributed by atoms with Gasteiger partial charge in [-0.25, -0.2) is 0 Å². The lowest BCUT2D eigenvalue weighted by Crippen LogP contribution is -2.01. The number of nitrogens with zero attached hydrogens (tertiary/aromatic N) is 1. The minimum atomic E-state index is 0.249. The van der Waals surface area contributed by atoms with Gasteiger partial charge in [-0.3, -0.25) is 0 Å². The number of rotatable bonds is 9. The summed E-state index contributed by atoms with van der Waals surface area (Å²) >= 11 is 6.31. The van der Waals surface area contributed by atoms with E-state index in [2.05, 4.69) is 5.16 Å². The van der Waals surface area contributed by atoms with Crippen molar-refractivity contribution in [2.75, 3.05) is 14.2 Å². The highest BCUT2D eigenvalue weighted by molar-refractivity contribution is 6.32. The molecule has 0 spiro atoms. The fourth-order valence-electron chi connectivity index (χ4n) is 2.83. The molecule has 0 bridgehead atoms. The monoisotopic (exact) mass is 427 g/mol. The standard InChI is InChI=1S/C23H22ClNO5/c1-27-21-11-17(8-9-20(21)29-14-16-6-4-3-5-7-16)15-30-23-19(24)10-18(13-25-26)12-22(23)28-2/h3-13,26H,14-15H2,1-2H3/b25-13+. The molecule has 0 radical (unpaired) electrons. The summed E-state index contributed by atoms with van der Waals surface area (Å²) in [6.45, 7) is 0.697. The van der Waals surface area contributed by atoms with Crippen LogP contribution in [0, 0.1) is 0 Å². The number of methoxy groups -OCH3 is 2. The maximum Gasteiger partial charge on any atom is 0.180 e. The van der Waals surface area contributed by atoms with E-state index in [-0.39, 0.29) is 6.61 Å². The molecule has 0 unspecified atom stereocenters. The van der Waals surface area contributed by atoms with Crippen LogP contribution in [0.1, 0.15) is 16.7 Å². The second-order valence-corrected chi connectivity index (χ2v) is 6.73. The van der Waals surface area contributed by atoms with Gasteiger partial charge in [0.15, 0.2) is 23.0 Å². The molecule has 0 aliphatic heterocycles. The zero-order valence-corrected chi connectivity index (χ0v) is 17.4. The van der Waals surface area contributed by atoms with Gasteiger partial charge in [0.25, 0.3) is 0 Å². The number of benzene rings is 3. The maximum atomic E-state index is 8.70. The smallest absolute Gasteiger partial charge is 0.180 e. The molecule has 3 aromatic rings. The predicted octanol–water partition coefficient (Wildman–Crippen LogP) is 5.32. The molecule has 3 rings (SSSR count). The molecule has 0 atom stereocenters. The van der Waals surface area contributed by atoms with E-state index in [1.807, 2.05) is 48.5 Å². The van der Waals surface area contributed by atoms with Gasteiger partial charge in [-0.15, -0.1) is 0 Å². The first kappa shape index (κ1) is 21.3. The van der Waals surface area contributed by atoms with Crippen LogP contribution >= 0.6 is 11.6 Å². The summed E-state index contributed by atoms with van der Waals surface area (Å²) < 4.78 is 22.6. The van der Waals surface area contributed by atoms with E-state index in [4.69, 9.17) is 35.8 Å². The fraction of sp³-hybridized carbons (Fsp3) is 0.174. The van der Waals surface area contributed by atoms with Crippen molar-refractivity contribution in [1.82, 2.24) is 0 Å². The summed E-state index contributed by atoms with van der Waals surface area (Å²) in [7, 11) is 3.11. The summed E-state index contributed by atoms with van der Waals surface area (Å²) in [6.07, 6.45) is 1.26. The molecule has 3 aromatic carbocycles. The van der Waals surface area contributed by atoms with Crippen molar-refractivity contribution in [3.63, 3.8) is 0 Å². The van der Waals surface area contributed by atoms with E-state index in [1.165, 1.54) is 13.3 Å². The van der Waals surface area contributed by atoms with Gasteiger partial charge in [0.2, 0.25) is 0 Å². The number of halogens is 1. The molecular weight excluding hydrogens is 406 g/mol. The van der Waals surface area contributed by atoms with Crippen LogP contribution in [-0.4, -0.2) is 25.6 Å². The van der Waals surface area contributed by atoms with Crippen LogP contribution in [0.5, 0.6) is 23.0 Å². The minimum absolute atomic E-state index is 0.249. The van der Waals surface area contributed by atoms with Crippen LogP contribution < -0.4 is 18.9 Å². The van der Waals surface area contributed by atoms with Gasteiger partial charge in [-0.1, -0.05) is 53.2 Å². The third-order valence-electron chi connectivity index (χ3n) is 4.31. The zero-order valence-electron chi connectivity index (χ0n) is 16.7. The molecule has 0 aliphatic carbocycles. The fourth-order valence-corrected chi connectivity index (χ4v) is 3.11. The lowest BCUT2D eigenvalue weighted by Gasteiger charge is -2.15. The lowest BCUT2D eigenvalue weighted by atomic mass is 10.2. The zero-order chi connectivity index (χ0) is 21.3. The normalized spacial score (nSPS) is 10.8. The summed E-state index contributed by atoms with van der Waals surface area (Å²) in [5.74, 6) is 2.10. The summed E-state index contributed by atoms with van der Waals surface area (Å²) in [4.78, 5) is 0. The Bertz CT molecular complexity index is 1010. The number of oxime groups is 1. The Morgan fingerprint density at radius 1 is 0.833 bits per heavy atom. The van der Waals surface area contributed by atoms with Crippen molar-refractivity contribution in [3.05, 3.63) is 82.4 Å². The quantitative estimate of drug-likeness (QED) is 0.284. The Morgan fingerprint density at radius 2 is 1.57 bits per heavy atom. The van der Waals surface area contributed by atoms with E-state index in [0.29, 0.717) is 40.2 Å². The molecule has 0 saturated heterocycles. The molecule has 156 valence electrons. The van der Waals surface area contributed by atoms with Gasteiger partial charge in [-0.2, -0.15) is 0 Å². The largest absolute Gasteiger partial charge is 0.493 e. The van der Waals surface area contributed by atoms with E-state index in [0.717, 1.165) is 11.1 Å². The van der Waals surface area contributed by atoms with Crippen LogP contribution in [0.25, 0.3) is 0 Å². The number of hydrogen-bond donors (Lipinski definition) is 1. The Labute approximate surface area is 180 Å². The molecule has 6 nitrogen and oxygen atoms in total. The molecule has 0 fully saturated rings. The van der Waals surface area contributed by atoms with Crippen LogP contribution in [0.3, 0.4) is 0 Å². The van der Waals surface area contributed by atoms with E-state index in [9.17, 15) is 0 Å². The predicted molar refractivity (Wildman–Crippen MR) is 115 cm³/mol. The van der Waals surface area contributed by atoms with E-state index in [1.54, 1.807) is 19.2 Å². The second kappa shape index (κ2) is 10.4. The highest BCUT2D eigenvalue weighted by atomic mass is 35.5. The first-order valence-electron chi connectivity index (χ1n) is 9.16. The molecular formula is C23H22ClNO5. The third kappa shape index (κ3) is 5.36. The highest BCUT2D eigenvalue weighted by Crippen LogP contribution is 2.37. The van der Waals surface area contributed by atoms with E-state index < -0.39 is 0 Å². The SMILES string of the molecule is COc1cc(COc2c(Cl)cc(/C=N/O)cc2OC)ccc1OCc1ccccc1. The summed E-state index contributed by atoms with van der Waals surface area (Å²) in [5.41, 5.74) is 2.54. The van der Waals surface area contributed by atoms with Gasteiger partial charge >= 0.3 is 0 Å². The minimum Gasteiger partial charge on any atom is -0.493 e. The first-order valence-corrected chi connectivity index (χ1v) is 9.53. The molecule has 30 heavy (non-hydrogen) atoms. The van der Waals surface area contributed by atoms with Crippen molar-refractivity contribution >= 4 is 17.8 Å². The molecule has 0 saturated carbocycles. The van der Waals surface area contributed by atoms with Crippen molar-refractivity contribution < 1.29 is 24.2 Å². The van der Waals surface area contributed by atoms with Gasteiger partial charge in [0, 0.05) is 5.56 Å². The first-order chi connectivity index (χ1) is 14.6. The van der Waals surface area contributed by atoms with Gasteiger partial charge in [0.05, 0.1) is 25.5 Å².